The van der Waals surface area contributed by atoms with Gasteiger partial charge in [-0.3, -0.25) is 4.79 Å². The molecule has 0 aliphatic heterocycles. The number of hydrogen-bond donors (Lipinski definition) is 1. The molecule has 1 atom stereocenters. The highest BCUT2D eigenvalue weighted by Gasteiger charge is 2.07. The van der Waals surface area contributed by atoms with Gasteiger partial charge in [0.25, 0.3) is 0 Å². The average molecular weight is 405 g/mol. The molecule has 0 fully saturated rings. The Morgan fingerprint density at radius 3 is 2.67 bits per heavy atom. The molecular formula is C21H25ClN2O2S. The summed E-state index contributed by atoms with van der Waals surface area (Å²) >= 11 is 8.12. The van der Waals surface area contributed by atoms with Gasteiger partial charge in [0.2, 0.25) is 11.8 Å². The maximum atomic E-state index is 11.0. The van der Waals surface area contributed by atoms with Crippen molar-refractivity contribution in [1.82, 2.24) is 10.3 Å². The highest BCUT2D eigenvalue weighted by molar-refractivity contribution is 7.99. The van der Waals surface area contributed by atoms with Crippen LogP contribution in [0.15, 0.2) is 47.5 Å². The highest BCUT2D eigenvalue weighted by atomic mass is 35.5. The Morgan fingerprint density at radius 2 is 2.07 bits per heavy atom. The largest absolute Gasteiger partial charge is 0.437 e. The van der Waals surface area contributed by atoms with Gasteiger partial charge in [0.1, 0.15) is 5.75 Å². The molecule has 27 heavy (non-hydrogen) atoms. The lowest BCUT2D eigenvalue weighted by Gasteiger charge is -2.09. The monoisotopic (exact) mass is 404 g/mol. The lowest BCUT2D eigenvalue weighted by atomic mass is 10.2. The number of pyridine rings is 1. The second-order valence-corrected chi connectivity index (χ2v) is 8.18. The molecule has 2 rings (SSSR count). The summed E-state index contributed by atoms with van der Waals surface area (Å²) in [5, 5.41) is 3.36. The fourth-order valence-electron chi connectivity index (χ4n) is 2.20. The van der Waals surface area contributed by atoms with Crippen LogP contribution in [-0.2, 0) is 4.79 Å². The van der Waals surface area contributed by atoms with E-state index in [9.17, 15) is 4.79 Å². The van der Waals surface area contributed by atoms with E-state index in [-0.39, 0.29) is 11.9 Å². The number of aromatic nitrogens is 1. The summed E-state index contributed by atoms with van der Waals surface area (Å²) in [6.45, 7) is 7.79. The van der Waals surface area contributed by atoms with Gasteiger partial charge < -0.3 is 10.1 Å². The van der Waals surface area contributed by atoms with Crippen LogP contribution < -0.4 is 10.1 Å². The normalized spacial score (nSPS) is 12.4. The minimum absolute atomic E-state index is 0.0377. The number of hydrogen-bond acceptors (Lipinski definition) is 4. The van der Waals surface area contributed by atoms with Crippen molar-refractivity contribution in [3.8, 4) is 11.6 Å². The predicted molar refractivity (Wildman–Crippen MR) is 114 cm³/mol. The first-order valence-electron chi connectivity index (χ1n) is 8.85. The van der Waals surface area contributed by atoms with E-state index in [0.717, 1.165) is 16.2 Å². The molecule has 144 valence electrons. The summed E-state index contributed by atoms with van der Waals surface area (Å²) in [4.78, 5) is 16.5. The van der Waals surface area contributed by atoms with Crippen LogP contribution in [0.1, 0.15) is 33.3 Å². The summed E-state index contributed by atoms with van der Waals surface area (Å²) in [5.74, 6) is 2.68. The van der Waals surface area contributed by atoms with E-state index in [2.05, 4.69) is 24.1 Å². The summed E-state index contributed by atoms with van der Waals surface area (Å²) in [5.41, 5.74) is 0.922. The number of nitrogens with zero attached hydrogens (tertiary/aromatic N) is 1. The number of ether oxygens (including phenoxy) is 1. The van der Waals surface area contributed by atoms with E-state index in [0.29, 0.717) is 22.6 Å². The van der Waals surface area contributed by atoms with Crippen LogP contribution in [0.3, 0.4) is 0 Å². The molecule has 0 aliphatic rings. The number of halogens is 1. The van der Waals surface area contributed by atoms with Gasteiger partial charge in [-0.1, -0.05) is 37.6 Å². The Morgan fingerprint density at radius 1 is 1.30 bits per heavy atom. The molecule has 0 radical (unpaired) electrons. The van der Waals surface area contributed by atoms with Crippen molar-refractivity contribution in [2.45, 2.75) is 38.6 Å². The number of benzene rings is 1. The maximum absolute atomic E-state index is 11.0. The molecule has 1 aromatic heterocycles. The van der Waals surface area contributed by atoms with Crippen molar-refractivity contribution in [2.24, 2.45) is 5.92 Å². The number of nitrogens with one attached hydrogen (secondary N) is 1. The Hall–Kier alpha value is -1.98. The first-order valence-corrected chi connectivity index (χ1v) is 10.2. The lowest BCUT2D eigenvalue weighted by molar-refractivity contribution is -0.119. The number of carbonyl (C=O) groups is 1. The number of carbonyl (C=O) groups excluding carboxylic acids is 1. The minimum atomic E-state index is -0.0560. The molecule has 6 heteroatoms. The molecule has 0 bridgehead atoms. The molecule has 0 saturated heterocycles. The van der Waals surface area contributed by atoms with E-state index in [4.69, 9.17) is 16.3 Å². The van der Waals surface area contributed by atoms with Crippen LogP contribution in [0.2, 0.25) is 5.02 Å². The van der Waals surface area contributed by atoms with Gasteiger partial charge in [0.05, 0.1) is 5.02 Å². The predicted octanol–water partition coefficient (Wildman–Crippen LogP) is 5.81. The summed E-state index contributed by atoms with van der Waals surface area (Å²) in [6.07, 6.45) is 5.53. The molecule has 0 spiro atoms. The average Bonchev–Trinajstić information content (AvgIpc) is 2.61. The van der Waals surface area contributed by atoms with Crippen molar-refractivity contribution >= 4 is 35.3 Å². The van der Waals surface area contributed by atoms with Crippen LogP contribution >= 0.6 is 23.4 Å². The molecular weight excluding hydrogens is 380 g/mol. The molecule has 1 aromatic carbocycles. The summed E-state index contributed by atoms with van der Waals surface area (Å²) in [7, 11) is 0. The first kappa shape index (κ1) is 21.3. The van der Waals surface area contributed by atoms with E-state index in [1.165, 1.54) is 6.92 Å². The van der Waals surface area contributed by atoms with Crippen LogP contribution in [0, 0.1) is 5.92 Å². The van der Waals surface area contributed by atoms with Crippen molar-refractivity contribution in [2.75, 3.05) is 5.75 Å². The van der Waals surface area contributed by atoms with Gasteiger partial charge in [-0.15, -0.1) is 11.8 Å². The van der Waals surface area contributed by atoms with Crippen LogP contribution in [0.25, 0.3) is 6.08 Å². The van der Waals surface area contributed by atoms with Gasteiger partial charge in [0.15, 0.2) is 0 Å². The van der Waals surface area contributed by atoms with E-state index < -0.39 is 0 Å². The standard InChI is InChI=1S/C21H25ClN2O2S/c1-14(2)13-27-18-8-9-20(19(22)11-18)26-21-10-7-17(12-23-21)6-5-15(3)24-16(4)25/h5-12,14-15H,13H2,1-4H3,(H,24,25)/b6-5+/t15-/m0/s1. The number of rotatable bonds is 8. The Labute approximate surface area is 170 Å². The van der Waals surface area contributed by atoms with E-state index in [1.807, 2.05) is 43.3 Å². The van der Waals surface area contributed by atoms with Gasteiger partial charge in [-0.05, 0) is 42.7 Å². The third-order valence-electron chi connectivity index (χ3n) is 3.47. The topological polar surface area (TPSA) is 51.2 Å². The second-order valence-electron chi connectivity index (χ2n) is 6.68. The van der Waals surface area contributed by atoms with Crippen molar-refractivity contribution in [3.05, 3.63) is 53.2 Å². The van der Waals surface area contributed by atoms with Crippen molar-refractivity contribution in [3.63, 3.8) is 0 Å². The Balaban J connectivity index is 1.98. The smallest absolute Gasteiger partial charge is 0.219 e. The van der Waals surface area contributed by atoms with Gasteiger partial charge in [-0.25, -0.2) is 4.98 Å². The zero-order valence-corrected chi connectivity index (χ0v) is 17.6. The van der Waals surface area contributed by atoms with Crippen molar-refractivity contribution < 1.29 is 9.53 Å². The molecule has 1 heterocycles. The molecule has 0 aliphatic carbocycles. The number of thioether (sulfide) groups is 1. The zero-order chi connectivity index (χ0) is 19.8. The van der Waals surface area contributed by atoms with E-state index >= 15 is 0 Å². The number of amides is 1. The molecule has 4 nitrogen and oxygen atoms in total. The quantitative estimate of drug-likeness (QED) is 0.563. The lowest BCUT2D eigenvalue weighted by Crippen LogP contribution is -2.28. The molecule has 0 unspecified atom stereocenters. The third-order valence-corrected chi connectivity index (χ3v) is 5.18. The zero-order valence-electron chi connectivity index (χ0n) is 16.0. The van der Waals surface area contributed by atoms with Gasteiger partial charge >= 0.3 is 0 Å². The summed E-state index contributed by atoms with van der Waals surface area (Å²) < 4.78 is 5.79. The third kappa shape index (κ3) is 7.65. The van der Waals surface area contributed by atoms with Gasteiger partial charge in [0, 0.05) is 35.9 Å². The molecule has 1 N–H and O–H groups in total. The maximum Gasteiger partial charge on any atom is 0.219 e. The van der Waals surface area contributed by atoms with Crippen LogP contribution in [-0.4, -0.2) is 22.7 Å². The fourth-order valence-corrected chi connectivity index (χ4v) is 3.38. The molecule has 0 saturated carbocycles. The molecule has 2 aromatic rings. The van der Waals surface area contributed by atoms with E-state index in [1.54, 1.807) is 24.0 Å². The SMILES string of the molecule is CC(=O)N[C@@H](C)/C=C/c1ccc(Oc2ccc(SCC(C)C)cc2Cl)nc1. The van der Waals surface area contributed by atoms with Crippen LogP contribution in [0.5, 0.6) is 11.6 Å². The molecule has 1 amide bonds. The highest BCUT2D eigenvalue weighted by Crippen LogP contribution is 2.33. The first-order chi connectivity index (χ1) is 12.8. The van der Waals surface area contributed by atoms with Gasteiger partial charge in [-0.2, -0.15) is 0 Å². The Bertz CT molecular complexity index is 791. The van der Waals surface area contributed by atoms with Crippen LogP contribution in [0.4, 0.5) is 0 Å². The Kier molecular flexibility index (Phi) is 8.20. The van der Waals surface area contributed by atoms with Crippen molar-refractivity contribution in [1.29, 1.82) is 0 Å². The second kappa shape index (κ2) is 10.4. The summed E-state index contributed by atoms with van der Waals surface area (Å²) in [6, 6.07) is 9.46. The minimum Gasteiger partial charge on any atom is -0.437 e. The fraction of sp³-hybridized carbons (Fsp3) is 0.333.